The lowest BCUT2D eigenvalue weighted by Gasteiger charge is -2.09. The average molecular weight is 284 g/mol. The molecule has 1 aromatic rings. The van der Waals surface area contributed by atoms with E-state index in [0.29, 0.717) is 13.3 Å². The SMILES string of the molecule is CCc1c(/C=C/CN)cc2c(c1Br)OCO2. The van der Waals surface area contributed by atoms with Crippen LogP contribution in [-0.4, -0.2) is 13.3 Å². The van der Waals surface area contributed by atoms with E-state index in [1.165, 1.54) is 5.56 Å². The maximum Gasteiger partial charge on any atom is 0.231 e. The highest BCUT2D eigenvalue weighted by atomic mass is 79.9. The normalized spacial score (nSPS) is 13.7. The minimum atomic E-state index is 0.293. The predicted octanol–water partition coefficient (Wildman–Crippen LogP) is 2.71. The minimum absolute atomic E-state index is 0.293. The van der Waals surface area contributed by atoms with Gasteiger partial charge in [-0.2, -0.15) is 0 Å². The van der Waals surface area contributed by atoms with Gasteiger partial charge in [-0.1, -0.05) is 19.1 Å². The fraction of sp³-hybridized carbons (Fsp3) is 0.333. The van der Waals surface area contributed by atoms with Crippen LogP contribution in [0.15, 0.2) is 16.6 Å². The summed E-state index contributed by atoms with van der Waals surface area (Å²) in [6, 6.07) is 2.00. The molecule has 0 spiro atoms. The van der Waals surface area contributed by atoms with E-state index in [9.17, 15) is 0 Å². The highest BCUT2D eigenvalue weighted by Gasteiger charge is 2.21. The van der Waals surface area contributed by atoms with Gasteiger partial charge in [0.25, 0.3) is 0 Å². The molecule has 1 aromatic carbocycles. The molecule has 0 atom stereocenters. The van der Waals surface area contributed by atoms with Crippen molar-refractivity contribution in [3.63, 3.8) is 0 Å². The lowest BCUT2D eigenvalue weighted by Crippen LogP contribution is -1.94. The Bertz CT molecular complexity index is 430. The maximum absolute atomic E-state index is 5.46. The zero-order valence-electron chi connectivity index (χ0n) is 9.13. The molecule has 0 amide bonds. The Hall–Kier alpha value is -1.00. The highest BCUT2D eigenvalue weighted by Crippen LogP contribution is 2.43. The first-order valence-corrected chi connectivity index (χ1v) is 6.04. The molecule has 0 radical (unpaired) electrons. The third-order valence-corrected chi connectivity index (χ3v) is 3.37. The number of hydrogen-bond donors (Lipinski definition) is 1. The van der Waals surface area contributed by atoms with Crippen LogP contribution in [0.4, 0.5) is 0 Å². The van der Waals surface area contributed by atoms with E-state index in [1.807, 2.05) is 18.2 Å². The van der Waals surface area contributed by atoms with Gasteiger partial charge in [-0.25, -0.2) is 0 Å². The summed E-state index contributed by atoms with van der Waals surface area (Å²) in [4.78, 5) is 0. The first-order chi connectivity index (χ1) is 7.77. The van der Waals surface area contributed by atoms with Crippen molar-refractivity contribution in [3.8, 4) is 11.5 Å². The molecule has 16 heavy (non-hydrogen) atoms. The van der Waals surface area contributed by atoms with E-state index in [-0.39, 0.29) is 0 Å². The summed E-state index contributed by atoms with van der Waals surface area (Å²) in [6.07, 6.45) is 4.89. The molecule has 86 valence electrons. The molecular weight excluding hydrogens is 270 g/mol. The topological polar surface area (TPSA) is 44.5 Å². The number of hydrogen-bond acceptors (Lipinski definition) is 3. The van der Waals surface area contributed by atoms with Crippen LogP contribution in [0.3, 0.4) is 0 Å². The summed E-state index contributed by atoms with van der Waals surface area (Å²) in [6.45, 7) is 2.94. The Balaban J connectivity index is 2.52. The van der Waals surface area contributed by atoms with Gasteiger partial charge in [0, 0.05) is 6.54 Å². The number of fused-ring (bicyclic) bond motifs is 1. The Labute approximate surface area is 103 Å². The van der Waals surface area contributed by atoms with Gasteiger partial charge in [0.2, 0.25) is 6.79 Å². The van der Waals surface area contributed by atoms with Crippen LogP contribution in [-0.2, 0) is 6.42 Å². The van der Waals surface area contributed by atoms with Crippen LogP contribution >= 0.6 is 15.9 Å². The van der Waals surface area contributed by atoms with Crippen LogP contribution in [0.1, 0.15) is 18.1 Å². The third kappa shape index (κ3) is 1.95. The summed E-state index contributed by atoms with van der Waals surface area (Å²) < 4.78 is 11.8. The van der Waals surface area contributed by atoms with Crippen LogP contribution in [0.2, 0.25) is 0 Å². The fourth-order valence-corrected chi connectivity index (χ4v) is 2.58. The molecule has 1 heterocycles. The van der Waals surface area contributed by atoms with Crippen molar-refractivity contribution in [1.82, 2.24) is 0 Å². The number of nitrogens with two attached hydrogens (primary N) is 1. The van der Waals surface area contributed by atoms with E-state index in [2.05, 4.69) is 22.9 Å². The zero-order chi connectivity index (χ0) is 11.5. The van der Waals surface area contributed by atoms with Gasteiger partial charge >= 0.3 is 0 Å². The van der Waals surface area contributed by atoms with Crippen molar-refractivity contribution < 1.29 is 9.47 Å². The Morgan fingerprint density at radius 3 is 3.00 bits per heavy atom. The van der Waals surface area contributed by atoms with Crippen LogP contribution in [0, 0.1) is 0 Å². The van der Waals surface area contributed by atoms with Crippen molar-refractivity contribution >= 4 is 22.0 Å². The molecule has 1 aliphatic rings. The number of benzene rings is 1. The van der Waals surface area contributed by atoms with E-state index in [1.54, 1.807) is 0 Å². The molecule has 0 fully saturated rings. The van der Waals surface area contributed by atoms with E-state index < -0.39 is 0 Å². The molecule has 0 unspecified atom stereocenters. The molecule has 0 bridgehead atoms. The van der Waals surface area contributed by atoms with Gasteiger partial charge in [-0.3, -0.25) is 0 Å². The number of rotatable bonds is 3. The molecule has 0 aliphatic carbocycles. The predicted molar refractivity (Wildman–Crippen MR) is 67.7 cm³/mol. The Morgan fingerprint density at radius 1 is 1.50 bits per heavy atom. The minimum Gasteiger partial charge on any atom is -0.454 e. The smallest absolute Gasteiger partial charge is 0.231 e. The largest absolute Gasteiger partial charge is 0.454 e. The quantitative estimate of drug-likeness (QED) is 0.928. The second kappa shape index (κ2) is 4.89. The molecule has 2 N–H and O–H groups in total. The van der Waals surface area contributed by atoms with Gasteiger partial charge in [-0.15, -0.1) is 0 Å². The zero-order valence-corrected chi connectivity index (χ0v) is 10.7. The lowest BCUT2D eigenvalue weighted by molar-refractivity contribution is 0.173. The highest BCUT2D eigenvalue weighted by molar-refractivity contribution is 9.10. The third-order valence-electron chi connectivity index (χ3n) is 2.53. The standard InChI is InChI=1S/C12H14BrNO2/c1-2-9-8(4-3-5-14)6-10-12(11(9)13)16-7-15-10/h3-4,6H,2,5,7,14H2,1H3/b4-3+. The van der Waals surface area contributed by atoms with Gasteiger partial charge < -0.3 is 15.2 Å². The summed E-state index contributed by atoms with van der Waals surface area (Å²) in [5.74, 6) is 1.60. The monoisotopic (exact) mass is 283 g/mol. The summed E-state index contributed by atoms with van der Waals surface area (Å²) in [7, 11) is 0. The van der Waals surface area contributed by atoms with Crippen molar-refractivity contribution in [2.75, 3.05) is 13.3 Å². The second-order valence-corrected chi connectivity index (χ2v) is 4.28. The second-order valence-electron chi connectivity index (χ2n) is 3.48. The summed E-state index contributed by atoms with van der Waals surface area (Å²) in [5.41, 5.74) is 7.81. The molecule has 0 aromatic heterocycles. The van der Waals surface area contributed by atoms with Crippen LogP contribution in [0.5, 0.6) is 11.5 Å². The van der Waals surface area contributed by atoms with Crippen molar-refractivity contribution in [1.29, 1.82) is 0 Å². The molecule has 0 saturated heterocycles. The number of ether oxygens (including phenoxy) is 2. The molecule has 0 saturated carbocycles. The molecule has 2 rings (SSSR count). The van der Waals surface area contributed by atoms with Gasteiger partial charge in [0.05, 0.1) is 4.47 Å². The van der Waals surface area contributed by atoms with Crippen LogP contribution < -0.4 is 15.2 Å². The average Bonchev–Trinajstić information content (AvgIpc) is 2.75. The summed E-state index contributed by atoms with van der Waals surface area (Å²) >= 11 is 3.57. The van der Waals surface area contributed by atoms with E-state index in [0.717, 1.165) is 28.0 Å². The lowest BCUT2D eigenvalue weighted by atomic mass is 10.0. The van der Waals surface area contributed by atoms with Gasteiger partial charge in [-0.05, 0) is 39.5 Å². The molecule has 1 aliphatic heterocycles. The van der Waals surface area contributed by atoms with Crippen molar-refractivity contribution in [2.24, 2.45) is 5.73 Å². The fourth-order valence-electron chi connectivity index (χ4n) is 1.76. The number of halogens is 1. The Kier molecular flexibility index (Phi) is 3.51. The molecule has 3 nitrogen and oxygen atoms in total. The Morgan fingerprint density at radius 2 is 2.31 bits per heavy atom. The first kappa shape index (κ1) is 11.5. The molecular formula is C12H14BrNO2. The van der Waals surface area contributed by atoms with E-state index in [4.69, 9.17) is 15.2 Å². The molecule has 4 heteroatoms. The van der Waals surface area contributed by atoms with Gasteiger partial charge in [0.1, 0.15) is 0 Å². The van der Waals surface area contributed by atoms with Gasteiger partial charge in [0.15, 0.2) is 11.5 Å². The first-order valence-electron chi connectivity index (χ1n) is 5.25. The van der Waals surface area contributed by atoms with Crippen molar-refractivity contribution in [2.45, 2.75) is 13.3 Å². The van der Waals surface area contributed by atoms with E-state index >= 15 is 0 Å². The van der Waals surface area contributed by atoms with Crippen molar-refractivity contribution in [3.05, 3.63) is 27.7 Å². The van der Waals surface area contributed by atoms with Crippen LogP contribution in [0.25, 0.3) is 6.08 Å². The summed E-state index contributed by atoms with van der Waals surface area (Å²) in [5, 5.41) is 0. The maximum atomic E-state index is 5.46.